The van der Waals surface area contributed by atoms with Crippen molar-refractivity contribution in [2.45, 2.75) is 18.9 Å². The molecule has 1 unspecified atom stereocenters. The summed E-state index contributed by atoms with van der Waals surface area (Å²) in [7, 11) is 0. The van der Waals surface area contributed by atoms with E-state index in [2.05, 4.69) is 10.6 Å². The number of hydrogen-bond acceptors (Lipinski definition) is 3. The first-order valence-electron chi connectivity index (χ1n) is 7.36. The number of carbonyl (C=O) groups is 3. The molecule has 7 nitrogen and oxygen atoms in total. The molecule has 1 saturated carbocycles. The van der Waals surface area contributed by atoms with Gasteiger partial charge in [0.15, 0.2) is 0 Å². The van der Waals surface area contributed by atoms with Crippen LogP contribution in [0.4, 0.5) is 14.9 Å². The Bertz CT molecular complexity index is 675. The Morgan fingerprint density at radius 2 is 2.13 bits per heavy atom. The highest BCUT2D eigenvalue weighted by atomic mass is 19.1. The van der Waals surface area contributed by atoms with Crippen molar-refractivity contribution in [2.24, 2.45) is 5.92 Å². The minimum atomic E-state index is -1.13. The number of nitrogens with one attached hydrogen (secondary N) is 2. The fraction of sp³-hybridized carbons (Fsp3) is 0.400. The Morgan fingerprint density at radius 1 is 1.39 bits per heavy atom. The van der Waals surface area contributed by atoms with E-state index < -0.39 is 23.7 Å². The molecule has 1 saturated heterocycles. The van der Waals surface area contributed by atoms with Gasteiger partial charge in [0.2, 0.25) is 0 Å². The second kappa shape index (κ2) is 5.86. The molecule has 0 spiro atoms. The minimum Gasteiger partial charge on any atom is -0.480 e. The average Bonchev–Trinajstić information content (AvgIpc) is 3.26. The van der Waals surface area contributed by atoms with Gasteiger partial charge in [-0.2, -0.15) is 0 Å². The lowest BCUT2D eigenvalue weighted by Gasteiger charge is -2.17. The van der Waals surface area contributed by atoms with Crippen LogP contribution in [0, 0.1) is 11.7 Å². The van der Waals surface area contributed by atoms with Gasteiger partial charge < -0.3 is 15.7 Å². The van der Waals surface area contributed by atoms with Crippen molar-refractivity contribution >= 4 is 23.6 Å². The molecule has 1 aliphatic heterocycles. The van der Waals surface area contributed by atoms with Gasteiger partial charge in [-0.15, -0.1) is 0 Å². The van der Waals surface area contributed by atoms with E-state index in [-0.39, 0.29) is 17.5 Å². The van der Waals surface area contributed by atoms with E-state index in [1.54, 1.807) is 0 Å². The van der Waals surface area contributed by atoms with Gasteiger partial charge in [-0.25, -0.2) is 14.0 Å². The van der Waals surface area contributed by atoms with Crippen molar-refractivity contribution in [2.75, 3.05) is 18.0 Å². The molecule has 1 aliphatic carbocycles. The number of halogens is 1. The summed E-state index contributed by atoms with van der Waals surface area (Å²) in [4.78, 5) is 36.5. The van der Waals surface area contributed by atoms with E-state index in [1.807, 2.05) is 0 Å². The molecule has 3 N–H and O–H groups in total. The highest BCUT2D eigenvalue weighted by Crippen LogP contribution is 2.33. The average molecular weight is 321 g/mol. The maximum atomic E-state index is 13.9. The van der Waals surface area contributed by atoms with Gasteiger partial charge in [-0.1, -0.05) is 0 Å². The number of carboxylic acids is 1. The van der Waals surface area contributed by atoms with Gasteiger partial charge >= 0.3 is 12.0 Å². The number of carbonyl (C=O) groups excluding carboxylic acids is 2. The summed E-state index contributed by atoms with van der Waals surface area (Å²) < 4.78 is 13.9. The molecular weight excluding hydrogens is 305 g/mol. The predicted molar refractivity (Wildman–Crippen MR) is 78.8 cm³/mol. The number of carboxylic acid groups (broad SMARTS) is 1. The standard InChI is InChI=1S/C15H16FN3O4/c16-11-4-3-9(19-6-5-17-15(19)23)7-10(11)13(20)18-12(14(21)22)8-1-2-8/h3-4,7-8,12H,1-2,5-6H2,(H,17,23)(H,18,20)(H,21,22). The lowest BCUT2D eigenvalue weighted by atomic mass is 10.1. The smallest absolute Gasteiger partial charge is 0.326 e. The second-order valence-corrected chi connectivity index (χ2v) is 5.67. The quantitative estimate of drug-likeness (QED) is 0.752. The van der Waals surface area contributed by atoms with Crippen LogP contribution in [0.3, 0.4) is 0 Å². The molecule has 3 amide bonds. The first kappa shape index (κ1) is 15.3. The molecule has 1 atom stereocenters. The maximum absolute atomic E-state index is 13.9. The van der Waals surface area contributed by atoms with E-state index in [4.69, 9.17) is 5.11 Å². The zero-order valence-electron chi connectivity index (χ0n) is 12.2. The van der Waals surface area contributed by atoms with Crippen molar-refractivity contribution < 1.29 is 23.9 Å². The normalized spacial score (nSPS) is 18.5. The number of rotatable bonds is 5. The maximum Gasteiger partial charge on any atom is 0.326 e. The zero-order chi connectivity index (χ0) is 16.6. The summed E-state index contributed by atoms with van der Waals surface area (Å²) >= 11 is 0. The summed E-state index contributed by atoms with van der Waals surface area (Å²) in [6.07, 6.45) is 1.46. The first-order chi connectivity index (χ1) is 11.0. The third-order valence-electron chi connectivity index (χ3n) is 4.01. The third-order valence-corrected chi connectivity index (χ3v) is 4.01. The van der Waals surface area contributed by atoms with Crippen molar-refractivity contribution in [3.05, 3.63) is 29.6 Å². The zero-order valence-corrected chi connectivity index (χ0v) is 12.2. The molecule has 2 fully saturated rings. The fourth-order valence-corrected chi connectivity index (χ4v) is 2.60. The largest absolute Gasteiger partial charge is 0.480 e. The molecule has 0 aromatic heterocycles. The molecule has 3 rings (SSSR count). The molecule has 0 radical (unpaired) electrons. The van der Waals surface area contributed by atoms with Crippen LogP contribution in [0.25, 0.3) is 0 Å². The molecule has 1 heterocycles. The van der Waals surface area contributed by atoms with Crippen molar-refractivity contribution in [3.8, 4) is 0 Å². The Kier molecular flexibility index (Phi) is 3.89. The Hall–Kier alpha value is -2.64. The number of hydrogen-bond donors (Lipinski definition) is 3. The topological polar surface area (TPSA) is 98.7 Å². The monoisotopic (exact) mass is 321 g/mol. The molecule has 122 valence electrons. The SMILES string of the molecule is O=C(NC(C(=O)O)C1CC1)c1cc(N2CCNC2=O)ccc1F. The Balaban J connectivity index is 1.82. The summed E-state index contributed by atoms with van der Waals surface area (Å²) in [5.74, 6) is -2.78. The number of anilines is 1. The van der Waals surface area contributed by atoms with Crippen LogP contribution in [0.5, 0.6) is 0 Å². The number of urea groups is 1. The van der Waals surface area contributed by atoms with Gasteiger partial charge in [-0.05, 0) is 37.0 Å². The summed E-state index contributed by atoms with van der Waals surface area (Å²) in [5.41, 5.74) is 0.124. The summed E-state index contributed by atoms with van der Waals surface area (Å²) in [6.45, 7) is 0.895. The Labute approximate surface area is 131 Å². The van der Waals surface area contributed by atoms with E-state index in [9.17, 15) is 18.8 Å². The van der Waals surface area contributed by atoms with Crippen LogP contribution in [0.2, 0.25) is 0 Å². The van der Waals surface area contributed by atoms with E-state index >= 15 is 0 Å². The molecular formula is C15H16FN3O4. The number of aliphatic carboxylic acids is 1. The summed E-state index contributed by atoms with van der Waals surface area (Å²) in [5, 5.41) is 14.1. The molecule has 1 aromatic carbocycles. The summed E-state index contributed by atoms with van der Waals surface area (Å²) in [6, 6.07) is 2.45. The number of nitrogens with zero attached hydrogens (tertiary/aromatic N) is 1. The van der Waals surface area contributed by atoms with Crippen LogP contribution in [-0.2, 0) is 4.79 Å². The predicted octanol–water partition coefficient (Wildman–Crippen LogP) is 0.948. The first-order valence-corrected chi connectivity index (χ1v) is 7.36. The van der Waals surface area contributed by atoms with Gasteiger partial charge in [0.05, 0.1) is 5.56 Å². The van der Waals surface area contributed by atoms with Gasteiger partial charge in [0.1, 0.15) is 11.9 Å². The van der Waals surface area contributed by atoms with E-state index in [0.29, 0.717) is 18.8 Å². The lowest BCUT2D eigenvalue weighted by molar-refractivity contribution is -0.139. The van der Waals surface area contributed by atoms with Crippen molar-refractivity contribution in [1.29, 1.82) is 0 Å². The van der Waals surface area contributed by atoms with E-state index in [1.165, 1.54) is 17.0 Å². The third kappa shape index (κ3) is 3.10. The molecule has 0 bridgehead atoms. The molecule has 2 aliphatic rings. The fourth-order valence-electron chi connectivity index (χ4n) is 2.60. The molecule has 1 aromatic rings. The van der Waals surface area contributed by atoms with E-state index in [0.717, 1.165) is 18.9 Å². The van der Waals surface area contributed by atoms with Gasteiger partial charge in [-0.3, -0.25) is 9.69 Å². The van der Waals surface area contributed by atoms with Crippen LogP contribution < -0.4 is 15.5 Å². The van der Waals surface area contributed by atoms with Crippen LogP contribution in [-0.4, -0.2) is 42.1 Å². The number of amides is 3. The van der Waals surface area contributed by atoms with Gasteiger partial charge in [0, 0.05) is 18.8 Å². The highest BCUT2D eigenvalue weighted by molar-refractivity contribution is 6.00. The number of benzene rings is 1. The second-order valence-electron chi connectivity index (χ2n) is 5.67. The lowest BCUT2D eigenvalue weighted by Crippen LogP contribution is -2.42. The molecule has 8 heteroatoms. The van der Waals surface area contributed by atoms with Crippen LogP contribution >= 0.6 is 0 Å². The Morgan fingerprint density at radius 3 is 2.70 bits per heavy atom. The molecule has 23 heavy (non-hydrogen) atoms. The van der Waals surface area contributed by atoms with Crippen molar-refractivity contribution in [1.82, 2.24) is 10.6 Å². The highest BCUT2D eigenvalue weighted by Gasteiger charge is 2.37. The van der Waals surface area contributed by atoms with Gasteiger partial charge in [0.25, 0.3) is 5.91 Å². The van der Waals surface area contributed by atoms with Crippen LogP contribution in [0.15, 0.2) is 18.2 Å². The van der Waals surface area contributed by atoms with Crippen molar-refractivity contribution in [3.63, 3.8) is 0 Å². The minimum absolute atomic E-state index is 0.105. The van der Waals surface area contributed by atoms with Crippen LogP contribution in [0.1, 0.15) is 23.2 Å².